The van der Waals surface area contributed by atoms with E-state index in [-0.39, 0.29) is 5.97 Å². The Hall–Kier alpha value is -2.73. The highest BCUT2D eigenvalue weighted by molar-refractivity contribution is 5.89. The summed E-state index contributed by atoms with van der Waals surface area (Å²) in [6.45, 7) is 2.16. The molecule has 0 bridgehead atoms. The molecule has 0 aliphatic carbocycles. The minimum atomic E-state index is -0.313. The van der Waals surface area contributed by atoms with E-state index in [1.807, 2.05) is 36.4 Å². The normalized spacial score (nSPS) is 9.43. The Morgan fingerprint density at radius 2 is 1.48 bits per heavy atom. The van der Waals surface area contributed by atoms with Gasteiger partial charge in [0.25, 0.3) is 0 Å². The zero-order valence-corrected chi connectivity index (χ0v) is 12.1. The van der Waals surface area contributed by atoms with Crippen molar-refractivity contribution in [3.05, 3.63) is 65.2 Å². The molecule has 0 saturated carbocycles. The Morgan fingerprint density at radius 1 is 0.952 bits per heavy atom. The number of benzene rings is 2. The first-order valence-corrected chi connectivity index (χ1v) is 6.66. The van der Waals surface area contributed by atoms with Crippen LogP contribution in [0.15, 0.2) is 48.5 Å². The maximum absolute atomic E-state index is 11.5. The number of methoxy groups -OCH3 is 1. The lowest BCUT2D eigenvalue weighted by Gasteiger charge is -2.01. The lowest BCUT2D eigenvalue weighted by molar-refractivity contribution is 0.0526. The van der Waals surface area contributed by atoms with Crippen molar-refractivity contribution in [2.45, 2.75) is 6.92 Å². The number of carbonyl (C=O) groups excluding carboxylic acids is 1. The first-order chi connectivity index (χ1) is 10.2. The van der Waals surface area contributed by atoms with Crippen molar-refractivity contribution in [2.75, 3.05) is 13.7 Å². The summed E-state index contributed by atoms with van der Waals surface area (Å²) >= 11 is 0. The third-order valence-corrected chi connectivity index (χ3v) is 2.84. The molecule has 2 aromatic rings. The molecule has 106 valence electrons. The van der Waals surface area contributed by atoms with Crippen molar-refractivity contribution in [1.82, 2.24) is 0 Å². The number of hydrogen-bond acceptors (Lipinski definition) is 3. The van der Waals surface area contributed by atoms with Crippen molar-refractivity contribution in [1.29, 1.82) is 0 Å². The molecule has 0 amide bonds. The van der Waals surface area contributed by atoms with Gasteiger partial charge in [0.2, 0.25) is 0 Å². The van der Waals surface area contributed by atoms with Crippen molar-refractivity contribution >= 4 is 5.97 Å². The molecule has 0 N–H and O–H groups in total. The predicted molar refractivity (Wildman–Crippen MR) is 81.4 cm³/mol. The van der Waals surface area contributed by atoms with Gasteiger partial charge >= 0.3 is 5.97 Å². The van der Waals surface area contributed by atoms with Gasteiger partial charge in [-0.1, -0.05) is 11.8 Å². The minimum Gasteiger partial charge on any atom is -0.497 e. The molecule has 2 aromatic carbocycles. The largest absolute Gasteiger partial charge is 0.497 e. The summed E-state index contributed by atoms with van der Waals surface area (Å²) < 4.78 is 10.0. The van der Waals surface area contributed by atoms with Gasteiger partial charge in [0.1, 0.15) is 5.75 Å². The molecule has 21 heavy (non-hydrogen) atoms. The lowest BCUT2D eigenvalue weighted by atomic mass is 10.1. The Morgan fingerprint density at radius 3 is 1.95 bits per heavy atom. The highest BCUT2D eigenvalue weighted by Crippen LogP contribution is 2.10. The smallest absolute Gasteiger partial charge is 0.338 e. The summed E-state index contributed by atoms with van der Waals surface area (Å²) in [6, 6.07) is 14.6. The van der Waals surface area contributed by atoms with E-state index in [4.69, 9.17) is 9.47 Å². The molecule has 3 heteroatoms. The fourth-order valence-corrected chi connectivity index (χ4v) is 1.72. The topological polar surface area (TPSA) is 35.5 Å². The number of hydrogen-bond donors (Lipinski definition) is 0. The van der Waals surface area contributed by atoms with Crippen LogP contribution in [0.1, 0.15) is 28.4 Å². The van der Waals surface area contributed by atoms with Crippen LogP contribution in [0, 0.1) is 11.8 Å². The average Bonchev–Trinajstić information content (AvgIpc) is 2.54. The molecule has 3 nitrogen and oxygen atoms in total. The highest BCUT2D eigenvalue weighted by atomic mass is 16.5. The van der Waals surface area contributed by atoms with Gasteiger partial charge in [-0.15, -0.1) is 0 Å². The number of rotatable bonds is 3. The summed E-state index contributed by atoms with van der Waals surface area (Å²) in [5.74, 6) is 6.61. The Labute approximate surface area is 124 Å². The molecule has 0 aliphatic heterocycles. The molecule has 0 heterocycles. The van der Waals surface area contributed by atoms with E-state index in [2.05, 4.69) is 11.8 Å². The van der Waals surface area contributed by atoms with Gasteiger partial charge in [-0.2, -0.15) is 0 Å². The average molecular weight is 280 g/mol. The van der Waals surface area contributed by atoms with Gasteiger partial charge in [-0.05, 0) is 55.5 Å². The molecule has 0 unspecified atom stereocenters. The Bertz CT molecular complexity index is 658. The second-order valence-corrected chi connectivity index (χ2v) is 4.28. The molecule has 0 aromatic heterocycles. The van der Waals surface area contributed by atoms with E-state index in [1.165, 1.54) is 0 Å². The van der Waals surface area contributed by atoms with Gasteiger partial charge in [0, 0.05) is 11.1 Å². The van der Waals surface area contributed by atoms with Gasteiger partial charge in [-0.25, -0.2) is 4.79 Å². The fraction of sp³-hybridized carbons (Fsp3) is 0.167. The summed E-state index contributed by atoms with van der Waals surface area (Å²) in [5.41, 5.74) is 2.29. The van der Waals surface area contributed by atoms with Crippen molar-refractivity contribution in [2.24, 2.45) is 0 Å². The second-order valence-electron chi connectivity index (χ2n) is 4.28. The van der Waals surface area contributed by atoms with E-state index in [9.17, 15) is 4.79 Å². The lowest BCUT2D eigenvalue weighted by Crippen LogP contribution is -2.04. The van der Waals surface area contributed by atoms with Crippen LogP contribution in [0.2, 0.25) is 0 Å². The monoisotopic (exact) mass is 280 g/mol. The molecule has 0 radical (unpaired) electrons. The van der Waals surface area contributed by atoms with Crippen LogP contribution in [-0.2, 0) is 4.74 Å². The van der Waals surface area contributed by atoms with Gasteiger partial charge in [0.15, 0.2) is 0 Å². The molecular weight excluding hydrogens is 264 g/mol. The highest BCUT2D eigenvalue weighted by Gasteiger charge is 2.04. The third-order valence-electron chi connectivity index (χ3n) is 2.84. The zero-order chi connectivity index (χ0) is 15.1. The van der Waals surface area contributed by atoms with E-state index in [0.29, 0.717) is 12.2 Å². The Kier molecular flexibility index (Phi) is 5.00. The summed E-state index contributed by atoms with van der Waals surface area (Å²) in [7, 11) is 1.63. The molecule has 0 aliphatic rings. The van der Waals surface area contributed by atoms with Crippen LogP contribution >= 0.6 is 0 Å². The van der Waals surface area contributed by atoms with Crippen LogP contribution in [0.4, 0.5) is 0 Å². The van der Waals surface area contributed by atoms with Gasteiger partial charge < -0.3 is 9.47 Å². The van der Waals surface area contributed by atoms with E-state index in [0.717, 1.165) is 16.9 Å². The molecule has 0 atom stereocenters. The fourth-order valence-electron chi connectivity index (χ4n) is 1.72. The van der Waals surface area contributed by atoms with Crippen LogP contribution in [0.3, 0.4) is 0 Å². The molecule has 2 rings (SSSR count). The minimum absolute atomic E-state index is 0.313. The summed E-state index contributed by atoms with van der Waals surface area (Å²) in [4.78, 5) is 11.5. The summed E-state index contributed by atoms with van der Waals surface area (Å²) in [5, 5.41) is 0. The van der Waals surface area contributed by atoms with Gasteiger partial charge in [0.05, 0.1) is 19.3 Å². The molecular formula is C18H16O3. The van der Waals surface area contributed by atoms with E-state index < -0.39 is 0 Å². The second kappa shape index (κ2) is 7.16. The van der Waals surface area contributed by atoms with Crippen molar-refractivity contribution < 1.29 is 14.3 Å². The van der Waals surface area contributed by atoms with Crippen molar-refractivity contribution in [3.63, 3.8) is 0 Å². The van der Waals surface area contributed by atoms with E-state index >= 15 is 0 Å². The third kappa shape index (κ3) is 4.12. The number of esters is 1. The SMILES string of the molecule is CCOC(=O)c1ccc(C#Cc2ccc(OC)cc2)cc1. The van der Waals surface area contributed by atoms with Crippen LogP contribution in [0.5, 0.6) is 5.75 Å². The maximum atomic E-state index is 11.5. The van der Waals surface area contributed by atoms with Gasteiger partial charge in [-0.3, -0.25) is 0 Å². The first kappa shape index (κ1) is 14.7. The summed E-state index contributed by atoms with van der Waals surface area (Å²) in [6.07, 6.45) is 0. The Balaban J connectivity index is 2.09. The van der Waals surface area contributed by atoms with Crippen LogP contribution in [0.25, 0.3) is 0 Å². The quantitative estimate of drug-likeness (QED) is 0.639. The molecule has 0 saturated heterocycles. The predicted octanol–water partition coefficient (Wildman–Crippen LogP) is 3.27. The van der Waals surface area contributed by atoms with Crippen LogP contribution in [-0.4, -0.2) is 19.7 Å². The number of ether oxygens (including phenoxy) is 2. The van der Waals surface area contributed by atoms with E-state index in [1.54, 1.807) is 26.2 Å². The first-order valence-electron chi connectivity index (χ1n) is 6.66. The molecule has 0 spiro atoms. The van der Waals surface area contributed by atoms with Crippen LogP contribution < -0.4 is 4.74 Å². The zero-order valence-electron chi connectivity index (χ0n) is 12.1. The standard InChI is InChI=1S/C18H16O3/c1-3-21-18(19)16-10-6-14(7-11-16)4-5-15-8-12-17(20-2)13-9-15/h6-13H,3H2,1-2H3. The maximum Gasteiger partial charge on any atom is 0.338 e. The molecule has 0 fully saturated rings. The number of carbonyl (C=O) groups is 1. The van der Waals surface area contributed by atoms with Crippen molar-refractivity contribution in [3.8, 4) is 17.6 Å².